The van der Waals surface area contributed by atoms with E-state index in [1.165, 1.54) is 0 Å². The predicted molar refractivity (Wildman–Crippen MR) is 45.8 cm³/mol. The van der Waals surface area contributed by atoms with Gasteiger partial charge in [-0.25, -0.2) is 14.8 Å². The summed E-state index contributed by atoms with van der Waals surface area (Å²) in [6.45, 7) is 1.63. The molecule has 66 valence electrons. The number of nitrogens with one attached hydrogen (secondary N) is 1. The molecule has 0 aliphatic carbocycles. The molecule has 1 aliphatic rings. The van der Waals surface area contributed by atoms with Crippen molar-refractivity contribution in [1.82, 2.24) is 9.97 Å². The number of aromatic nitrogens is 2. The van der Waals surface area contributed by atoms with E-state index in [0.717, 1.165) is 0 Å². The summed E-state index contributed by atoms with van der Waals surface area (Å²) in [5, 5.41) is 0. The summed E-state index contributed by atoms with van der Waals surface area (Å²) in [6, 6.07) is 0. The Kier molecular flexibility index (Phi) is 1.70. The van der Waals surface area contributed by atoms with E-state index in [9.17, 15) is 4.79 Å². The van der Waals surface area contributed by atoms with Gasteiger partial charge in [0.25, 0.3) is 0 Å². The minimum atomic E-state index is -0.436. The number of carbonyl (C=O) groups is 1. The van der Waals surface area contributed by atoms with E-state index in [-0.39, 0.29) is 5.70 Å². The third kappa shape index (κ3) is 1.48. The Labute approximate surface area is 74.2 Å². The standard InChI is InChI=1S/C8H7N3O2/c1-5-11-6(8(12)13-5)4-7-9-2-3-10-7/h2-4H,1H3,(H,9,10)/b6-4-. The Hall–Kier alpha value is -1.91. The molecule has 0 fully saturated rings. The van der Waals surface area contributed by atoms with Crippen LogP contribution in [-0.4, -0.2) is 21.8 Å². The van der Waals surface area contributed by atoms with Gasteiger partial charge in [0.05, 0.1) is 0 Å². The fourth-order valence-corrected chi connectivity index (χ4v) is 1.00. The van der Waals surface area contributed by atoms with Crippen molar-refractivity contribution in [3.05, 3.63) is 23.9 Å². The maximum Gasteiger partial charge on any atom is 0.363 e. The number of cyclic esters (lactones) is 1. The van der Waals surface area contributed by atoms with Gasteiger partial charge < -0.3 is 9.72 Å². The molecule has 2 heterocycles. The van der Waals surface area contributed by atoms with Crippen molar-refractivity contribution in [2.75, 3.05) is 0 Å². The van der Waals surface area contributed by atoms with Crippen molar-refractivity contribution >= 4 is 17.9 Å². The zero-order chi connectivity index (χ0) is 9.26. The van der Waals surface area contributed by atoms with Crippen LogP contribution in [0.1, 0.15) is 12.7 Å². The van der Waals surface area contributed by atoms with Crippen LogP contribution in [0.3, 0.4) is 0 Å². The van der Waals surface area contributed by atoms with Crippen LogP contribution in [0.2, 0.25) is 0 Å². The van der Waals surface area contributed by atoms with Gasteiger partial charge in [0.2, 0.25) is 0 Å². The highest BCUT2D eigenvalue weighted by molar-refractivity contribution is 6.06. The Morgan fingerprint density at radius 3 is 3.00 bits per heavy atom. The molecule has 0 spiro atoms. The molecule has 0 unspecified atom stereocenters. The number of hydrogen-bond donors (Lipinski definition) is 1. The van der Waals surface area contributed by atoms with Crippen LogP contribution in [0, 0.1) is 0 Å². The van der Waals surface area contributed by atoms with E-state index >= 15 is 0 Å². The fourth-order valence-electron chi connectivity index (χ4n) is 1.00. The topological polar surface area (TPSA) is 67.3 Å². The average Bonchev–Trinajstić information content (AvgIpc) is 2.63. The molecule has 2 rings (SSSR count). The molecular weight excluding hydrogens is 170 g/mol. The van der Waals surface area contributed by atoms with Crippen LogP contribution in [0.25, 0.3) is 6.08 Å². The molecule has 1 aromatic heterocycles. The number of H-pyrrole nitrogens is 1. The first-order valence-electron chi connectivity index (χ1n) is 3.74. The third-order valence-corrected chi connectivity index (χ3v) is 1.52. The number of nitrogens with zero attached hydrogens (tertiary/aromatic N) is 2. The molecule has 0 atom stereocenters. The Balaban J connectivity index is 2.31. The number of carbonyl (C=O) groups excluding carboxylic acids is 1. The molecule has 0 bridgehead atoms. The lowest BCUT2D eigenvalue weighted by Crippen LogP contribution is -1.99. The van der Waals surface area contributed by atoms with Crippen molar-refractivity contribution in [3.63, 3.8) is 0 Å². The summed E-state index contributed by atoms with van der Waals surface area (Å²) in [5.41, 5.74) is 0.271. The van der Waals surface area contributed by atoms with Crippen molar-refractivity contribution in [2.24, 2.45) is 4.99 Å². The zero-order valence-electron chi connectivity index (χ0n) is 6.94. The summed E-state index contributed by atoms with van der Waals surface area (Å²) < 4.78 is 4.72. The SMILES string of the molecule is CC1=N/C(=C\c2ncc[nH]2)C(=O)O1. The molecule has 0 aromatic carbocycles. The monoisotopic (exact) mass is 177 g/mol. The Bertz CT molecular complexity index is 390. The van der Waals surface area contributed by atoms with Crippen molar-refractivity contribution < 1.29 is 9.53 Å². The molecule has 5 heteroatoms. The highest BCUT2D eigenvalue weighted by atomic mass is 16.6. The van der Waals surface area contributed by atoms with E-state index in [4.69, 9.17) is 4.74 Å². The van der Waals surface area contributed by atoms with Crippen LogP contribution in [0.5, 0.6) is 0 Å². The van der Waals surface area contributed by atoms with Crippen molar-refractivity contribution in [1.29, 1.82) is 0 Å². The average molecular weight is 177 g/mol. The van der Waals surface area contributed by atoms with E-state index in [1.54, 1.807) is 25.4 Å². The van der Waals surface area contributed by atoms with Crippen LogP contribution in [0.4, 0.5) is 0 Å². The highest BCUT2D eigenvalue weighted by Gasteiger charge is 2.19. The van der Waals surface area contributed by atoms with Gasteiger partial charge in [-0.1, -0.05) is 0 Å². The Morgan fingerprint density at radius 1 is 1.62 bits per heavy atom. The number of aliphatic imine (C=N–C) groups is 1. The summed E-state index contributed by atoms with van der Waals surface area (Å²) in [7, 11) is 0. The van der Waals surface area contributed by atoms with E-state index in [2.05, 4.69) is 15.0 Å². The highest BCUT2D eigenvalue weighted by Crippen LogP contribution is 2.12. The van der Waals surface area contributed by atoms with Gasteiger partial charge >= 0.3 is 5.97 Å². The smallest absolute Gasteiger partial charge is 0.363 e. The van der Waals surface area contributed by atoms with Gasteiger partial charge in [-0.3, -0.25) is 0 Å². The van der Waals surface area contributed by atoms with Gasteiger partial charge in [-0.15, -0.1) is 0 Å². The second-order valence-corrected chi connectivity index (χ2v) is 2.52. The van der Waals surface area contributed by atoms with Gasteiger partial charge in [-0.2, -0.15) is 0 Å². The first-order valence-corrected chi connectivity index (χ1v) is 3.74. The summed E-state index contributed by atoms with van der Waals surface area (Å²) in [5.74, 6) is 0.516. The number of imidazole rings is 1. The van der Waals surface area contributed by atoms with Gasteiger partial charge in [-0.05, 0) is 0 Å². The maximum absolute atomic E-state index is 11.1. The number of esters is 1. The van der Waals surface area contributed by atoms with Crippen molar-refractivity contribution in [2.45, 2.75) is 6.92 Å². The zero-order valence-corrected chi connectivity index (χ0v) is 6.94. The molecule has 13 heavy (non-hydrogen) atoms. The van der Waals surface area contributed by atoms with Gasteiger partial charge in [0, 0.05) is 25.4 Å². The predicted octanol–water partition coefficient (Wildman–Crippen LogP) is 0.726. The van der Waals surface area contributed by atoms with Gasteiger partial charge in [0.15, 0.2) is 11.6 Å². The van der Waals surface area contributed by atoms with Crippen LogP contribution in [0.15, 0.2) is 23.1 Å². The van der Waals surface area contributed by atoms with E-state index < -0.39 is 5.97 Å². The first-order chi connectivity index (χ1) is 6.25. The van der Waals surface area contributed by atoms with Crippen LogP contribution >= 0.6 is 0 Å². The minimum Gasteiger partial charge on any atom is -0.407 e. The molecule has 0 amide bonds. The molecular formula is C8H7N3O2. The second kappa shape index (κ2) is 2.85. The Morgan fingerprint density at radius 2 is 2.46 bits per heavy atom. The largest absolute Gasteiger partial charge is 0.407 e. The van der Waals surface area contributed by atoms with E-state index in [0.29, 0.717) is 11.7 Å². The quantitative estimate of drug-likeness (QED) is 0.507. The number of aromatic amines is 1. The van der Waals surface area contributed by atoms with Crippen molar-refractivity contribution in [3.8, 4) is 0 Å². The maximum atomic E-state index is 11.1. The summed E-state index contributed by atoms with van der Waals surface area (Å²) in [6.07, 6.45) is 4.81. The molecule has 1 aliphatic heterocycles. The van der Waals surface area contributed by atoms with Crippen LogP contribution < -0.4 is 0 Å². The third-order valence-electron chi connectivity index (χ3n) is 1.52. The molecule has 5 nitrogen and oxygen atoms in total. The fraction of sp³-hybridized carbons (Fsp3) is 0.125. The minimum absolute atomic E-state index is 0.271. The second-order valence-electron chi connectivity index (χ2n) is 2.52. The molecule has 1 aromatic rings. The summed E-state index contributed by atoms with van der Waals surface area (Å²) >= 11 is 0. The molecule has 0 radical (unpaired) electrons. The molecule has 0 saturated heterocycles. The number of hydrogen-bond acceptors (Lipinski definition) is 4. The lowest BCUT2D eigenvalue weighted by atomic mass is 10.4. The lowest BCUT2D eigenvalue weighted by molar-refractivity contribution is -0.130. The van der Waals surface area contributed by atoms with Crippen LogP contribution in [-0.2, 0) is 9.53 Å². The van der Waals surface area contributed by atoms with Gasteiger partial charge in [0.1, 0.15) is 5.82 Å². The number of ether oxygens (including phenoxy) is 1. The number of rotatable bonds is 1. The lowest BCUT2D eigenvalue weighted by Gasteiger charge is -1.87. The normalized spacial score (nSPS) is 19.0. The molecule has 0 saturated carbocycles. The first kappa shape index (κ1) is 7.72. The summed E-state index contributed by atoms with van der Waals surface area (Å²) in [4.78, 5) is 21.7. The van der Waals surface area contributed by atoms with E-state index in [1.807, 2.05) is 0 Å². The molecule has 1 N–H and O–H groups in total.